The van der Waals surface area contributed by atoms with Crippen molar-refractivity contribution in [2.75, 3.05) is 12.0 Å². The van der Waals surface area contributed by atoms with Crippen LogP contribution in [0.25, 0.3) is 0 Å². The Bertz CT molecular complexity index is 505. The Labute approximate surface area is 99.3 Å². The number of halogens is 1. The second kappa shape index (κ2) is 4.07. The highest BCUT2D eigenvalue weighted by Crippen LogP contribution is 2.26. The molecule has 0 aliphatic rings. The summed E-state index contributed by atoms with van der Waals surface area (Å²) in [5.41, 5.74) is 6.17. The van der Waals surface area contributed by atoms with Crippen molar-refractivity contribution < 1.29 is 13.2 Å². The van der Waals surface area contributed by atoms with Gasteiger partial charge in [-0.2, -0.15) is 0 Å². The maximum atomic E-state index is 11.9. The Morgan fingerprint density at radius 2 is 1.75 bits per heavy atom. The number of Topliss-reactive ketones (excluding diaryl/α,β-unsaturated/α-hetero) is 1. The minimum absolute atomic E-state index is 0.220. The van der Waals surface area contributed by atoms with Crippen LogP contribution in [-0.4, -0.2) is 24.7 Å². The number of sulfone groups is 1. The fourth-order valence-electron chi connectivity index (χ4n) is 1.06. The van der Waals surface area contributed by atoms with Gasteiger partial charge in [-0.3, -0.25) is 4.79 Å². The third-order valence-corrected chi connectivity index (χ3v) is 4.87. The van der Waals surface area contributed by atoms with Crippen molar-refractivity contribution in [3.63, 3.8) is 0 Å². The van der Waals surface area contributed by atoms with Crippen LogP contribution in [0.2, 0.25) is 0 Å². The number of benzene rings is 1. The van der Waals surface area contributed by atoms with Crippen LogP contribution in [0.3, 0.4) is 0 Å². The number of hydrogen-bond donors (Lipinski definition) is 1. The monoisotopic (exact) mass is 261 g/mol. The van der Waals surface area contributed by atoms with Gasteiger partial charge in [0.25, 0.3) is 0 Å². The molecule has 4 nitrogen and oxygen atoms in total. The van der Waals surface area contributed by atoms with Crippen molar-refractivity contribution in [2.45, 2.75) is 11.1 Å². The zero-order valence-electron chi connectivity index (χ0n) is 8.90. The molecular weight excluding hydrogens is 250 g/mol. The van der Waals surface area contributed by atoms with Crippen molar-refractivity contribution in [2.24, 2.45) is 0 Å². The number of carbonyl (C=O) groups is 1. The van der Waals surface area contributed by atoms with Crippen LogP contribution in [0.5, 0.6) is 0 Å². The Kier molecular flexibility index (Phi) is 3.30. The molecule has 0 aromatic heterocycles. The highest BCUT2D eigenvalue weighted by Gasteiger charge is 2.41. The van der Waals surface area contributed by atoms with Crippen LogP contribution < -0.4 is 5.73 Å². The van der Waals surface area contributed by atoms with Gasteiger partial charge in [0.05, 0.1) is 0 Å². The molecule has 0 bridgehead atoms. The zero-order valence-corrected chi connectivity index (χ0v) is 10.5. The third kappa shape index (κ3) is 2.36. The molecular formula is C10H12ClNO3S. The quantitative estimate of drug-likeness (QED) is 0.508. The summed E-state index contributed by atoms with van der Waals surface area (Å²) >= 11 is 5.77. The van der Waals surface area contributed by atoms with Crippen LogP contribution in [-0.2, 0) is 9.84 Å². The SMILES string of the molecule is C[C@](Cl)(C(=O)c1ccc(N)cc1)S(C)(=O)=O. The fourth-order valence-corrected chi connectivity index (χ4v) is 1.62. The van der Waals surface area contributed by atoms with Crippen molar-refractivity contribution in [3.05, 3.63) is 29.8 Å². The van der Waals surface area contributed by atoms with Gasteiger partial charge >= 0.3 is 0 Å². The molecule has 0 saturated heterocycles. The van der Waals surface area contributed by atoms with Crippen molar-refractivity contribution >= 4 is 32.9 Å². The van der Waals surface area contributed by atoms with Gasteiger partial charge < -0.3 is 5.73 Å². The lowest BCUT2D eigenvalue weighted by atomic mass is 10.1. The summed E-state index contributed by atoms with van der Waals surface area (Å²) < 4.78 is 20.8. The summed E-state index contributed by atoms with van der Waals surface area (Å²) in [6.45, 7) is 1.17. The first-order valence-corrected chi connectivity index (χ1v) is 6.72. The lowest BCUT2D eigenvalue weighted by molar-refractivity contribution is 0.0978. The molecule has 1 rings (SSSR count). The van der Waals surface area contributed by atoms with E-state index >= 15 is 0 Å². The van der Waals surface area contributed by atoms with Crippen LogP contribution >= 0.6 is 11.6 Å². The number of anilines is 1. The highest BCUT2D eigenvalue weighted by atomic mass is 35.5. The maximum absolute atomic E-state index is 11.9. The standard InChI is InChI=1S/C10H12ClNO3S/c1-10(11,16(2,14)15)9(13)7-3-5-8(12)6-4-7/h3-6H,12H2,1-2H3/t10-/m1/s1. The molecule has 1 aromatic carbocycles. The number of nitrogens with two attached hydrogens (primary N) is 1. The van der Waals surface area contributed by atoms with E-state index in [9.17, 15) is 13.2 Å². The average molecular weight is 262 g/mol. The van der Waals surface area contributed by atoms with E-state index in [1.807, 2.05) is 0 Å². The molecule has 0 amide bonds. The third-order valence-electron chi connectivity index (χ3n) is 2.27. The molecule has 0 spiro atoms. The van der Waals surface area contributed by atoms with Crippen LogP contribution in [0.4, 0.5) is 5.69 Å². The van der Waals surface area contributed by atoms with E-state index in [4.69, 9.17) is 17.3 Å². The summed E-state index contributed by atoms with van der Waals surface area (Å²) in [7, 11) is -3.68. The molecule has 88 valence electrons. The van der Waals surface area contributed by atoms with E-state index in [0.717, 1.165) is 6.26 Å². The van der Waals surface area contributed by atoms with Gasteiger partial charge in [0.15, 0.2) is 15.6 Å². The predicted octanol–water partition coefficient (Wildman–Crippen LogP) is 1.45. The Morgan fingerprint density at radius 3 is 2.12 bits per heavy atom. The summed E-state index contributed by atoms with van der Waals surface area (Å²) in [5, 5.41) is 0. The minimum atomic E-state index is -3.68. The molecule has 1 aromatic rings. The number of nitrogen functional groups attached to an aromatic ring is 1. The van der Waals surface area contributed by atoms with E-state index in [1.165, 1.54) is 31.2 Å². The molecule has 0 aliphatic heterocycles. The molecule has 0 fully saturated rings. The van der Waals surface area contributed by atoms with E-state index in [1.54, 1.807) is 0 Å². The van der Waals surface area contributed by atoms with Gasteiger partial charge in [-0.25, -0.2) is 8.42 Å². The molecule has 1 atom stereocenters. The molecule has 0 aliphatic carbocycles. The predicted molar refractivity (Wildman–Crippen MR) is 64.3 cm³/mol. The largest absolute Gasteiger partial charge is 0.399 e. The number of alkyl halides is 1. The van der Waals surface area contributed by atoms with Crippen molar-refractivity contribution in [1.29, 1.82) is 0 Å². The van der Waals surface area contributed by atoms with Crippen molar-refractivity contribution in [1.82, 2.24) is 0 Å². The average Bonchev–Trinajstić information content (AvgIpc) is 2.16. The molecule has 0 radical (unpaired) electrons. The minimum Gasteiger partial charge on any atom is -0.399 e. The summed E-state index contributed by atoms with van der Waals surface area (Å²) in [4.78, 5) is 11.9. The van der Waals surface area contributed by atoms with Crippen LogP contribution in [0.1, 0.15) is 17.3 Å². The van der Waals surface area contributed by atoms with E-state index in [-0.39, 0.29) is 5.56 Å². The zero-order chi connectivity index (χ0) is 12.6. The highest BCUT2D eigenvalue weighted by molar-refractivity contribution is 7.94. The van der Waals surface area contributed by atoms with Gasteiger partial charge in [-0.15, -0.1) is 0 Å². The van der Waals surface area contributed by atoms with Gasteiger partial charge in [0.1, 0.15) is 0 Å². The van der Waals surface area contributed by atoms with Gasteiger partial charge in [0.2, 0.25) is 4.21 Å². The number of carbonyl (C=O) groups excluding carboxylic acids is 1. The second-order valence-electron chi connectivity index (χ2n) is 3.64. The van der Waals surface area contributed by atoms with E-state index in [2.05, 4.69) is 0 Å². The number of rotatable bonds is 3. The topological polar surface area (TPSA) is 77.2 Å². The Balaban J connectivity index is 3.18. The Morgan fingerprint density at radius 1 is 1.31 bits per heavy atom. The summed E-state index contributed by atoms with van der Waals surface area (Å²) in [6, 6.07) is 5.93. The molecule has 2 N–H and O–H groups in total. The van der Waals surface area contributed by atoms with Gasteiger partial charge in [0, 0.05) is 17.5 Å². The second-order valence-corrected chi connectivity index (χ2v) is 6.98. The Hall–Kier alpha value is -1.07. The summed E-state index contributed by atoms with van der Waals surface area (Å²) in [6.07, 6.45) is 0.926. The van der Waals surface area contributed by atoms with Gasteiger partial charge in [-0.1, -0.05) is 11.6 Å². The molecule has 16 heavy (non-hydrogen) atoms. The smallest absolute Gasteiger partial charge is 0.204 e. The molecule has 0 unspecified atom stereocenters. The number of hydrogen-bond acceptors (Lipinski definition) is 4. The molecule has 0 heterocycles. The van der Waals surface area contributed by atoms with E-state index < -0.39 is 19.8 Å². The first kappa shape index (κ1) is 13.0. The molecule has 0 saturated carbocycles. The normalized spacial score (nSPS) is 15.4. The molecule has 6 heteroatoms. The first-order valence-electron chi connectivity index (χ1n) is 4.45. The van der Waals surface area contributed by atoms with E-state index in [0.29, 0.717) is 5.69 Å². The van der Waals surface area contributed by atoms with Gasteiger partial charge in [-0.05, 0) is 31.2 Å². The lowest BCUT2D eigenvalue weighted by Crippen LogP contribution is -2.37. The fraction of sp³-hybridized carbons (Fsp3) is 0.300. The number of ketones is 1. The summed E-state index contributed by atoms with van der Waals surface area (Å²) in [5.74, 6) is -0.656. The van der Waals surface area contributed by atoms with Crippen LogP contribution in [0, 0.1) is 0 Å². The van der Waals surface area contributed by atoms with Crippen LogP contribution in [0.15, 0.2) is 24.3 Å². The maximum Gasteiger partial charge on any atom is 0.204 e. The van der Waals surface area contributed by atoms with Crippen molar-refractivity contribution in [3.8, 4) is 0 Å². The first-order chi connectivity index (χ1) is 7.16. The lowest BCUT2D eigenvalue weighted by Gasteiger charge is -2.18.